The van der Waals surface area contributed by atoms with Crippen LogP contribution in [0.5, 0.6) is 0 Å². The molecule has 12 heavy (non-hydrogen) atoms. The maximum absolute atomic E-state index is 10.4. The quantitative estimate of drug-likeness (QED) is 0.385. The summed E-state index contributed by atoms with van der Waals surface area (Å²) in [6.07, 6.45) is 3.95. The van der Waals surface area contributed by atoms with Crippen molar-refractivity contribution in [3.05, 3.63) is 0 Å². The second kappa shape index (κ2) is 5.73. The smallest absolute Gasteiger partial charge is 0.772 e. The number of hydrogen-bond acceptors (Lipinski definition) is 3. The fraction of sp³-hybridized carbons (Fsp3) is 1.00. The fourth-order valence-corrected chi connectivity index (χ4v) is 2.48. The molecule has 0 amide bonds. The van der Waals surface area contributed by atoms with Crippen LogP contribution in [0.3, 0.4) is 0 Å². The molecule has 1 unspecified atom stereocenters. The Bertz CT molecular complexity index is 157. The minimum absolute atomic E-state index is 0. The Morgan fingerprint density at radius 3 is 2.33 bits per heavy atom. The van der Waals surface area contributed by atoms with Gasteiger partial charge in [-0.25, -0.2) is 0 Å². The van der Waals surface area contributed by atoms with Crippen LogP contribution in [0.25, 0.3) is 0 Å². The van der Waals surface area contributed by atoms with E-state index < -0.39 is 11.1 Å². The van der Waals surface area contributed by atoms with Crippen molar-refractivity contribution in [3.63, 3.8) is 0 Å². The monoisotopic (exact) mass is 200 g/mol. The molecule has 0 bridgehead atoms. The van der Waals surface area contributed by atoms with E-state index in [0.717, 1.165) is 25.7 Å². The number of rotatable bonds is 3. The first-order chi connectivity index (χ1) is 5.18. The largest absolute Gasteiger partial charge is 1.00 e. The molecule has 0 radical (unpaired) electrons. The molecule has 1 aliphatic rings. The van der Waals surface area contributed by atoms with Gasteiger partial charge in [0, 0.05) is 12.9 Å². The molecule has 66 valence electrons. The summed E-state index contributed by atoms with van der Waals surface area (Å²) in [5.41, 5.74) is -0.355. The molecule has 0 aliphatic heterocycles. The predicted octanol–water partition coefficient (Wildman–Crippen LogP) is -2.17. The predicted molar refractivity (Wildman–Crippen MR) is 42.0 cm³/mol. The topological polar surface area (TPSA) is 49.4 Å². The molecule has 0 heterocycles. The van der Waals surface area contributed by atoms with Gasteiger partial charge in [0.1, 0.15) is 0 Å². The van der Waals surface area contributed by atoms with Crippen molar-refractivity contribution in [2.45, 2.75) is 31.3 Å². The van der Waals surface area contributed by atoms with Crippen LogP contribution in [-0.4, -0.2) is 27.2 Å². The maximum atomic E-state index is 10.4. The number of methoxy groups -OCH3 is 1. The van der Waals surface area contributed by atoms with Gasteiger partial charge >= 0.3 is 29.6 Å². The Morgan fingerprint density at radius 1 is 1.50 bits per heavy atom. The third kappa shape index (κ3) is 3.44. The van der Waals surface area contributed by atoms with Gasteiger partial charge in [0.15, 0.2) is 0 Å². The molecule has 0 aromatic carbocycles. The Balaban J connectivity index is 0.00000121. The zero-order valence-electron chi connectivity index (χ0n) is 7.67. The summed E-state index contributed by atoms with van der Waals surface area (Å²) in [5.74, 6) is 0.156. The number of ether oxygens (including phenoxy) is 1. The van der Waals surface area contributed by atoms with Crippen molar-refractivity contribution in [2.75, 3.05) is 12.9 Å². The van der Waals surface area contributed by atoms with Crippen LogP contribution in [0.1, 0.15) is 25.7 Å². The maximum Gasteiger partial charge on any atom is 1.00 e. The SMILES string of the molecule is COC1(CS(=O)[O-])CCCC1.[Na+]. The molecule has 0 saturated heterocycles. The van der Waals surface area contributed by atoms with Crippen molar-refractivity contribution in [2.24, 2.45) is 0 Å². The van der Waals surface area contributed by atoms with Crippen molar-refractivity contribution in [3.8, 4) is 0 Å². The normalized spacial score (nSPS) is 23.2. The van der Waals surface area contributed by atoms with Crippen LogP contribution < -0.4 is 29.6 Å². The van der Waals surface area contributed by atoms with Crippen molar-refractivity contribution in [1.82, 2.24) is 0 Å². The standard InChI is InChI=1S/C7H14O3S.Na/c1-10-7(6-11(8)9)4-2-3-5-7;/h2-6H2,1H3,(H,8,9);/q;+1/p-1. The minimum Gasteiger partial charge on any atom is -0.772 e. The van der Waals surface area contributed by atoms with E-state index in [9.17, 15) is 8.76 Å². The van der Waals surface area contributed by atoms with Gasteiger partial charge in [-0.15, -0.1) is 0 Å². The third-order valence-electron chi connectivity index (χ3n) is 2.33. The summed E-state index contributed by atoms with van der Waals surface area (Å²) >= 11 is -1.97. The molecule has 1 aliphatic carbocycles. The molecule has 1 fully saturated rings. The van der Waals surface area contributed by atoms with Crippen molar-refractivity contribution >= 4 is 11.1 Å². The summed E-state index contributed by atoms with van der Waals surface area (Å²) in [6, 6.07) is 0. The van der Waals surface area contributed by atoms with Gasteiger partial charge in [-0.1, -0.05) is 23.9 Å². The Morgan fingerprint density at radius 2 is 2.00 bits per heavy atom. The summed E-state index contributed by atoms with van der Waals surface area (Å²) in [5, 5.41) is 0. The molecule has 1 saturated carbocycles. The first-order valence-corrected chi connectivity index (χ1v) is 5.04. The van der Waals surface area contributed by atoms with E-state index in [0.29, 0.717) is 0 Å². The van der Waals surface area contributed by atoms with E-state index in [1.165, 1.54) is 0 Å². The van der Waals surface area contributed by atoms with Crippen LogP contribution in [0, 0.1) is 0 Å². The van der Waals surface area contributed by atoms with Crippen LogP contribution in [0.2, 0.25) is 0 Å². The first kappa shape index (κ1) is 13.1. The van der Waals surface area contributed by atoms with Gasteiger partial charge in [0.05, 0.1) is 5.60 Å². The van der Waals surface area contributed by atoms with E-state index in [4.69, 9.17) is 4.74 Å². The van der Waals surface area contributed by atoms with Gasteiger partial charge in [0.25, 0.3) is 0 Å². The van der Waals surface area contributed by atoms with Crippen molar-refractivity contribution in [1.29, 1.82) is 0 Å². The van der Waals surface area contributed by atoms with Gasteiger partial charge in [-0.2, -0.15) is 0 Å². The molecule has 3 nitrogen and oxygen atoms in total. The molecule has 0 aromatic rings. The average molecular weight is 200 g/mol. The van der Waals surface area contributed by atoms with Crippen molar-refractivity contribution < 1.29 is 43.1 Å². The number of hydrogen-bond donors (Lipinski definition) is 0. The average Bonchev–Trinajstić information content (AvgIpc) is 2.36. The van der Waals surface area contributed by atoms with Crippen LogP contribution >= 0.6 is 0 Å². The van der Waals surface area contributed by atoms with Gasteiger partial charge < -0.3 is 9.29 Å². The van der Waals surface area contributed by atoms with Crippen LogP contribution in [-0.2, 0) is 15.8 Å². The second-order valence-electron chi connectivity index (χ2n) is 3.04. The van der Waals surface area contributed by atoms with Gasteiger partial charge in [0.2, 0.25) is 0 Å². The van der Waals surface area contributed by atoms with E-state index >= 15 is 0 Å². The van der Waals surface area contributed by atoms with Crippen LogP contribution in [0.4, 0.5) is 0 Å². The van der Waals surface area contributed by atoms with Crippen LogP contribution in [0.15, 0.2) is 0 Å². The Labute approximate surface area is 97.8 Å². The first-order valence-electron chi connectivity index (χ1n) is 3.80. The zero-order chi connectivity index (χ0) is 8.32. The summed E-state index contributed by atoms with van der Waals surface area (Å²) in [7, 11) is 1.60. The fourth-order valence-electron chi connectivity index (χ4n) is 1.64. The molecule has 0 N–H and O–H groups in total. The molecule has 1 atom stereocenters. The molecule has 1 rings (SSSR count). The molecular formula is C7H13NaO3S. The summed E-state index contributed by atoms with van der Waals surface area (Å²) in [6.45, 7) is 0. The summed E-state index contributed by atoms with van der Waals surface area (Å²) < 4.78 is 26.1. The molecule has 5 heteroatoms. The zero-order valence-corrected chi connectivity index (χ0v) is 10.5. The summed E-state index contributed by atoms with van der Waals surface area (Å²) in [4.78, 5) is 0. The molecule has 0 spiro atoms. The van der Waals surface area contributed by atoms with E-state index in [1.807, 2.05) is 0 Å². The Kier molecular flexibility index (Phi) is 6.24. The second-order valence-corrected chi connectivity index (χ2v) is 3.94. The molecule has 0 aromatic heterocycles. The molecular weight excluding hydrogens is 187 g/mol. The van der Waals surface area contributed by atoms with Gasteiger partial charge in [-0.3, -0.25) is 4.21 Å². The van der Waals surface area contributed by atoms with E-state index in [1.54, 1.807) is 7.11 Å². The minimum atomic E-state index is -1.97. The van der Waals surface area contributed by atoms with E-state index in [2.05, 4.69) is 0 Å². The Hall–Kier alpha value is 1.07. The third-order valence-corrected chi connectivity index (χ3v) is 3.09. The van der Waals surface area contributed by atoms with E-state index in [-0.39, 0.29) is 40.9 Å². The van der Waals surface area contributed by atoms with Gasteiger partial charge in [-0.05, 0) is 12.8 Å².